The number of carbonyl (C=O) groups is 2. The van der Waals surface area contributed by atoms with Gasteiger partial charge in [-0.3, -0.25) is 9.59 Å². The molecule has 7 nitrogen and oxygen atoms in total. The van der Waals surface area contributed by atoms with Crippen LogP contribution in [-0.2, 0) is 25.7 Å². The zero-order chi connectivity index (χ0) is 27.7. The number of nitrogens with zero attached hydrogens (tertiary/aromatic N) is 2. The van der Waals surface area contributed by atoms with Gasteiger partial charge in [0.1, 0.15) is 0 Å². The molecular formula is C27H27F3N2O5S. The molecule has 1 aromatic heterocycles. The summed E-state index contributed by atoms with van der Waals surface area (Å²) in [6.45, 7) is 2.94. The smallest absolute Gasteiger partial charge is 0.417 e. The molecule has 0 radical (unpaired) electrons. The number of benzene rings is 2. The van der Waals surface area contributed by atoms with Gasteiger partial charge in [-0.2, -0.15) is 17.5 Å². The number of esters is 1. The number of piperidine rings is 1. The second-order valence-corrected chi connectivity index (χ2v) is 11.1. The third-order valence-electron chi connectivity index (χ3n) is 6.69. The lowest BCUT2D eigenvalue weighted by Gasteiger charge is -2.30. The Kier molecular flexibility index (Phi) is 7.80. The van der Waals surface area contributed by atoms with E-state index in [-0.39, 0.29) is 31.7 Å². The average molecular weight is 549 g/mol. The quantitative estimate of drug-likeness (QED) is 0.309. The van der Waals surface area contributed by atoms with Gasteiger partial charge in [-0.05, 0) is 57.0 Å². The predicted molar refractivity (Wildman–Crippen MR) is 133 cm³/mol. The fourth-order valence-electron chi connectivity index (χ4n) is 4.75. The van der Waals surface area contributed by atoms with Gasteiger partial charge in [0, 0.05) is 35.7 Å². The number of carbonyl (C=O) groups excluding carboxylic acids is 2. The molecule has 0 saturated carbocycles. The molecule has 1 fully saturated rings. The molecule has 202 valence electrons. The van der Waals surface area contributed by atoms with Crippen molar-refractivity contribution in [3.8, 4) is 5.69 Å². The second-order valence-electron chi connectivity index (χ2n) is 9.16. The number of ketones is 1. The first-order valence-corrected chi connectivity index (χ1v) is 13.5. The Hall–Kier alpha value is -3.44. The molecule has 0 unspecified atom stereocenters. The van der Waals surface area contributed by atoms with E-state index in [0.717, 1.165) is 33.9 Å². The van der Waals surface area contributed by atoms with Gasteiger partial charge in [0.05, 0.1) is 16.4 Å². The van der Waals surface area contributed by atoms with E-state index in [0.29, 0.717) is 11.3 Å². The topological polar surface area (TPSA) is 85.7 Å². The zero-order valence-electron chi connectivity index (χ0n) is 20.9. The van der Waals surface area contributed by atoms with Crippen LogP contribution in [0, 0.1) is 19.8 Å². The van der Waals surface area contributed by atoms with E-state index in [4.69, 9.17) is 4.74 Å². The Labute approximate surface area is 218 Å². The van der Waals surface area contributed by atoms with Crippen LogP contribution in [0.15, 0.2) is 65.6 Å². The van der Waals surface area contributed by atoms with Crippen molar-refractivity contribution in [1.29, 1.82) is 0 Å². The molecule has 1 saturated heterocycles. The minimum atomic E-state index is -4.82. The molecule has 0 spiro atoms. The lowest BCUT2D eigenvalue weighted by atomic mass is 9.98. The molecule has 0 bridgehead atoms. The van der Waals surface area contributed by atoms with Crippen molar-refractivity contribution in [2.24, 2.45) is 5.92 Å². The van der Waals surface area contributed by atoms with E-state index in [2.05, 4.69) is 0 Å². The predicted octanol–water partition coefficient (Wildman–Crippen LogP) is 4.94. The van der Waals surface area contributed by atoms with Gasteiger partial charge in [0.2, 0.25) is 15.8 Å². The van der Waals surface area contributed by atoms with Gasteiger partial charge in [0.25, 0.3) is 0 Å². The molecule has 0 aliphatic carbocycles. The van der Waals surface area contributed by atoms with Crippen molar-refractivity contribution in [3.05, 3.63) is 83.2 Å². The Morgan fingerprint density at radius 1 is 0.974 bits per heavy atom. The summed E-state index contributed by atoms with van der Waals surface area (Å²) in [4.78, 5) is 24.6. The van der Waals surface area contributed by atoms with Crippen molar-refractivity contribution in [3.63, 3.8) is 0 Å². The largest absolute Gasteiger partial charge is 0.457 e. The summed E-state index contributed by atoms with van der Waals surface area (Å²) in [6.07, 6.45) is -4.68. The fraction of sp³-hybridized carbons (Fsp3) is 0.333. The average Bonchev–Trinajstić information content (AvgIpc) is 3.20. The van der Waals surface area contributed by atoms with Crippen LogP contribution < -0.4 is 0 Å². The summed E-state index contributed by atoms with van der Waals surface area (Å²) in [5.74, 6) is -1.66. The molecule has 1 aliphatic rings. The third-order valence-corrected chi connectivity index (χ3v) is 8.65. The van der Waals surface area contributed by atoms with Crippen LogP contribution in [0.25, 0.3) is 5.69 Å². The highest BCUT2D eigenvalue weighted by Crippen LogP contribution is 2.36. The number of sulfonamides is 1. The van der Waals surface area contributed by atoms with Crippen molar-refractivity contribution in [2.45, 2.75) is 37.8 Å². The molecule has 3 aromatic rings. The number of aromatic nitrogens is 1. The number of alkyl halides is 3. The molecule has 0 atom stereocenters. The third kappa shape index (κ3) is 5.53. The number of ether oxygens (including phenoxy) is 1. The van der Waals surface area contributed by atoms with Gasteiger partial charge in [-0.15, -0.1) is 0 Å². The summed E-state index contributed by atoms with van der Waals surface area (Å²) >= 11 is 0. The molecular weight excluding hydrogens is 521 g/mol. The van der Waals surface area contributed by atoms with E-state index in [1.54, 1.807) is 6.07 Å². The lowest BCUT2D eigenvalue weighted by molar-refractivity contribution is -0.148. The number of hydrogen-bond acceptors (Lipinski definition) is 5. The summed E-state index contributed by atoms with van der Waals surface area (Å²) in [6, 6.07) is 15.3. The summed E-state index contributed by atoms with van der Waals surface area (Å²) < 4.78 is 74.0. The minimum absolute atomic E-state index is 0.0724. The maximum atomic E-state index is 13.3. The van der Waals surface area contributed by atoms with Crippen molar-refractivity contribution in [2.75, 3.05) is 19.7 Å². The van der Waals surface area contributed by atoms with Crippen LogP contribution in [0.3, 0.4) is 0 Å². The highest BCUT2D eigenvalue weighted by atomic mass is 32.2. The number of hydrogen-bond donors (Lipinski definition) is 0. The van der Waals surface area contributed by atoms with E-state index < -0.39 is 45.2 Å². The lowest BCUT2D eigenvalue weighted by Crippen LogP contribution is -2.41. The highest BCUT2D eigenvalue weighted by molar-refractivity contribution is 7.89. The normalized spacial score (nSPS) is 15.4. The number of para-hydroxylation sites is 1. The van der Waals surface area contributed by atoms with Crippen LogP contribution in [0.2, 0.25) is 0 Å². The van der Waals surface area contributed by atoms with Crippen LogP contribution in [0.4, 0.5) is 13.2 Å². The molecule has 0 amide bonds. The van der Waals surface area contributed by atoms with E-state index >= 15 is 0 Å². The van der Waals surface area contributed by atoms with Crippen molar-refractivity contribution >= 4 is 21.8 Å². The van der Waals surface area contributed by atoms with Crippen LogP contribution in [0.5, 0.6) is 0 Å². The van der Waals surface area contributed by atoms with Gasteiger partial charge in [-0.25, -0.2) is 8.42 Å². The first-order valence-electron chi connectivity index (χ1n) is 12.0. The Morgan fingerprint density at radius 3 is 2.21 bits per heavy atom. The Bertz CT molecular complexity index is 1440. The molecule has 0 N–H and O–H groups in total. The molecule has 11 heteroatoms. The summed E-state index contributed by atoms with van der Waals surface area (Å²) in [5, 5.41) is 0. The molecule has 1 aliphatic heterocycles. The number of aryl methyl sites for hydroxylation is 1. The van der Waals surface area contributed by atoms with E-state index in [1.807, 2.05) is 48.7 Å². The van der Waals surface area contributed by atoms with Crippen LogP contribution in [0.1, 0.15) is 40.2 Å². The van der Waals surface area contributed by atoms with Gasteiger partial charge < -0.3 is 9.30 Å². The SMILES string of the molecule is Cc1cc(C(=O)COC(=O)C2CCN(S(=O)(=O)c3ccccc3C(F)(F)F)CC2)c(C)n1-c1ccccc1. The zero-order valence-corrected chi connectivity index (χ0v) is 21.7. The fourth-order valence-corrected chi connectivity index (χ4v) is 6.43. The van der Waals surface area contributed by atoms with Crippen LogP contribution >= 0.6 is 0 Å². The van der Waals surface area contributed by atoms with Crippen LogP contribution in [-0.4, -0.2) is 48.7 Å². The van der Waals surface area contributed by atoms with Crippen molar-refractivity contribution in [1.82, 2.24) is 8.87 Å². The minimum Gasteiger partial charge on any atom is -0.457 e. The first-order chi connectivity index (χ1) is 17.9. The highest BCUT2D eigenvalue weighted by Gasteiger charge is 2.40. The monoisotopic (exact) mass is 548 g/mol. The number of Topliss-reactive ketones (excluding diaryl/α,β-unsaturated/α-hetero) is 1. The molecule has 2 aromatic carbocycles. The van der Waals surface area contributed by atoms with Crippen molar-refractivity contribution < 1.29 is 35.9 Å². The van der Waals surface area contributed by atoms with Gasteiger partial charge in [-0.1, -0.05) is 30.3 Å². The maximum Gasteiger partial charge on any atom is 0.417 e. The Morgan fingerprint density at radius 2 is 1.58 bits per heavy atom. The number of halogens is 3. The number of rotatable bonds is 7. The molecule has 38 heavy (non-hydrogen) atoms. The Balaban J connectivity index is 1.37. The molecule has 2 heterocycles. The van der Waals surface area contributed by atoms with Gasteiger partial charge in [0.15, 0.2) is 6.61 Å². The molecule has 4 rings (SSSR count). The summed E-state index contributed by atoms with van der Waals surface area (Å²) in [5.41, 5.74) is 1.67. The summed E-state index contributed by atoms with van der Waals surface area (Å²) in [7, 11) is -4.41. The van der Waals surface area contributed by atoms with E-state index in [1.165, 1.54) is 6.07 Å². The standard InChI is InChI=1S/C27H27F3N2O5S/c1-18-16-22(19(2)32(18)21-8-4-3-5-9-21)24(33)17-37-26(34)20-12-14-31(15-13-20)38(35,36)25-11-7-6-10-23(25)27(28,29)30/h3-11,16,20H,12-15,17H2,1-2H3. The first kappa shape index (κ1) is 27.6. The maximum absolute atomic E-state index is 13.3. The van der Waals surface area contributed by atoms with Gasteiger partial charge >= 0.3 is 12.1 Å². The van der Waals surface area contributed by atoms with E-state index in [9.17, 15) is 31.2 Å². The second kappa shape index (κ2) is 10.7.